The van der Waals surface area contributed by atoms with Crippen molar-refractivity contribution in [2.75, 3.05) is 19.7 Å². The van der Waals surface area contributed by atoms with E-state index < -0.39 is 12.3 Å². The predicted octanol–water partition coefficient (Wildman–Crippen LogP) is 1.60. The van der Waals surface area contributed by atoms with Crippen molar-refractivity contribution in [2.24, 2.45) is 0 Å². The van der Waals surface area contributed by atoms with E-state index in [-0.39, 0.29) is 13.2 Å². The van der Waals surface area contributed by atoms with Gasteiger partial charge in [-0.3, -0.25) is 0 Å². The molecule has 1 fully saturated rings. The van der Waals surface area contributed by atoms with Gasteiger partial charge in [0, 0.05) is 36.0 Å². The van der Waals surface area contributed by atoms with E-state index in [2.05, 4.69) is 4.74 Å². The molecule has 0 N–H and O–H groups in total. The van der Waals surface area contributed by atoms with Crippen molar-refractivity contribution in [3.05, 3.63) is 0 Å². The Balaban J connectivity index is 2.46. The Morgan fingerprint density at radius 3 is 2.45 bits per heavy atom. The summed E-state index contributed by atoms with van der Waals surface area (Å²) in [5, 5.41) is 0. The maximum Gasteiger partial charge on any atom is 0.415 e. The number of ether oxygens (including phenoxy) is 1. The summed E-state index contributed by atoms with van der Waals surface area (Å²) in [6, 6.07) is 0. The molecule has 1 saturated heterocycles. The van der Waals surface area contributed by atoms with Crippen LogP contribution in [-0.4, -0.2) is 35.1 Å². The van der Waals surface area contributed by atoms with Gasteiger partial charge >= 0.3 is 6.18 Å². The molecular weight excluding hydrogens is 274 g/mol. The maximum atomic E-state index is 12.0. The van der Waals surface area contributed by atoms with Crippen LogP contribution in [-0.2, 0) is 4.74 Å². The molecule has 1 aliphatic rings. The average Bonchev–Trinajstić information content (AvgIpc) is 1.86. The smallest absolute Gasteiger partial charge is 0.366 e. The van der Waals surface area contributed by atoms with Gasteiger partial charge in [-0.2, -0.15) is 13.2 Å². The summed E-state index contributed by atoms with van der Waals surface area (Å²) in [4.78, 5) is 0. The highest BCUT2D eigenvalue weighted by Crippen LogP contribution is 2.26. The molecule has 1 rings (SSSR count). The monoisotopic (exact) mass is 281 g/mol. The van der Waals surface area contributed by atoms with Gasteiger partial charge in [-0.1, -0.05) is 0 Å². The van der Waals surface area contributed by atoms with Crippen LogP contribution in [0, 0.1) is 0 Å². The summed E-state index contributed by atoms with van der Waals surface area (Å²) in [5.74, 6) is 0. The van der Waals surface area contributed by atoms with Crippen molar-refractivity contribution in [3.63, 3.8) is 0 Å². The molecule has 1 aliphatic heterocycles. The van der Waals surface area contributed by atoms with Gasteiger partial charge in [-0.15, -0.1) is 0 Å². The molecule has 66 valence electrons. The zero-order valence-electron chi connectivity index (χ0n) is 5.57. The SMILES string of the molecule is FC(F)(F)[C@H]1CN(I)CCO1. The van der Waals surface area contributed by atoms with E-state index in [0.717, 1.165) is 0 Å². The van der Waals surface area contributed by atoms with Gasteiger partial charge in [-0.05, 0) is 0 Å². The molecule has 1 atom stereocenters. The van der Waals surface area contributed by atoms with Gasteiger partial charge in [0.1, 0.15) is 0 Å². The van der Waals surface area contributed by atoms with Crippen molar-refractivity contribution in [2.45, 2.75) is 12.3 Å². The van der Waals surface area contributed by atoms with Crippen molar-refractivity contribution in [1.82, 2.24) is 3.11 Å². The van der Waals surface area contributed by atoms with Crippen LogP contribution in [0.1, 0.15) is 0 Å². The predicted molar refractivity (Wildman–Crippen MR) is 41.4 cm³/mol. The molecule has 0 amide bonds. The first kappa shape index (κ1) is 9.53. The van der Waals surface area contributed by atoms with E-state index in [9.17, 15) is 13.2 Å². The van der Waals surface area contributed by atoms with E-state index in [0.29, 0.717) is 6.54 Å². The summed E-state index contributed by atoms with van der Waals surface area (Å²) in [6.07, 6.45) is -5.82. The molecule has 11 heavy (non-hydrogen) atoms. The van der Waals surface area contributed by atoms with Gasteiger partial charge < -0.3 is 4.74 Å². The first-order valence-corrected chi connectivity index (χ1v) is 4.05. The topological polar surface area (TPSA) is 12.5 Å². The number of morpholine rings is 1. The van der Waals surface area contributed by atoms with Crippen LogP contribution >= 0.6 is 22.9 Å². The lowest BCUT2D eigenvalue weighted by molar-refractivity contribution is -0.229. The number of hydrogen-bond donors (Lipinski definition) is 0. The van der Waals surface area contributed by atoms with Gasteiger partial charge in [-0.25, -0.2) is 3.11 Å². The molecule has 6 heteroatoms. The summed E-state index contributed by atoms with van der Waals surface area (Å²) in [5.41, 5.74) is 0. The van der Waals surface area contributed by atoms with Crippen LogP contribution in [0.2, 0.25) is 0 Å². The molecule has 0 spiro atoms. The highest BCUT2D eigenvalue weighted by Gasteiger charge is 2.42. The molecule has 0 bridgehead atoms. The van der Waals surface area contributed by atoms with E-state index >= 15 is 0 Å². The van der Waals surface area contributed by atoms with Crippen molar-refractivity contribution >= 4 is 22.9 Å². The number of hydrogen-bond acceptors (Lipinski definition) is 2. The molecule has 0 aromatic rings. The van der Waals surface area contributed by atoms with Crippen LogP contribution in [0.5, 0.6) is 0 Å². The molecule has 2 nitrogen and oxygen atoms in total. The second-order valence-electron chi connectivity index (χ2n) is 2.27. The van der Waals surface area contributed by atoms with E-state index in [1.165, 1.54) is 0 Å². The van der Waals surface area contributed by atoms with Gasteiger partial charge in [0.25, 0.3) is 0 Å². The second-order valence-corrected chi connectivity index (χ2v) is 3.63. The third kappa shape index (κ3) is 2.75. The van der Waals surface area contributed by atoms with Crippen LogP contribution in [0.15, 0.2) is 0 Å². The lowest BCUT2D eigenvalue weighted by Crippen LogP contribution is -2.45. The Labute approximate surface area is 76.2 Å². The van der Waals surface area contributed by atoms with Crippen molar-refractivity contribution in [3.8, 4) is 0 Å². The minimum atomic E-state index is -4.22. The molecule has 0 saturated carbocycles. The normalized spacial score (nSPS) is 28.9. The Bertz CT molecular complexity index is 140. The number of alkyl halides is 3. The molecule has 0 radical (unpaired) electrons. The van der Waals surface area contributed by atoms with Gasteiger partial charge in [0.05, 0.1) is 6.61 Å². The number of halogens is 4. The maximum absolute atomic E-state index is 12.0. The van der Waals surface area contributed by atoms with Crippen LogP contribution in [0.25, 0.3) is 0 Å². The fourth-order valence-electron chi connectivity index (χ4n) is 0.816. The zero-order valence-corrected chi connectivity index (χ0v) is 7.72. The van der Waals surface area contributed by atoms with E-state index in [1.807, 2.05) is 22.9 Å². The largest absolute Gasteiger partial charge is 0.415 e. The lowest BCUT2D eigenvalue weighted by Gasteiger charge is -2.29. The van der Waals surface area contributed by atoms with Crippen LogP contribution < -0.4 is 0 Å². The lowest BCUT2D eigenvalue weighted by atomic mass is 10.3. The third-order valence-electron chi connectivity index (χ3n) is 1.38. The fraction of sp³-hybridized carbons (Fsp3) is 1.00. The standard InChI is InChI=1S/C5H7F3INO/c6-5(7,8)4-3-10(9)1-2-11-4/h4H,1-3H2/t4-/m1/s1. The first-order chi connectivity index (χ1) is 5.00. The van der Waals surface area contributed by atoms with Gasteiger partial charge in [0.2, 0.25) is 0 Å². The Hall–Kier alpha value is 0.440. The molecule has 0 aromatic carbocycles. The quantitative estimate of drug-likeness (QED) is 0.494. The van der Waals surface area contributed by atoms with E-state index in [4.69, 9.17) is 0 Å². The summed E-state index contributed by atoms with van der Waals surface area (Å²) >= 11 is 1.87. The first-order valence-electron chi connectivity index (χ1n) is 3.09. The Morgan fingerprint density at radius 2 is 2.09 bits per heavy atom. The average molecular weight is 281 g/mol. The molecule has 1 heterocycles. The molecule has 0 aromatic heterocycles. The van der Waals surface area contributed by atoms with E-state index in [1.54, 1.807) is 3.11 Å². The Morgan fingerprint density at radius 1 is 1.45 bits per heavy atom. The molecular formula is C5H7F3INO. The van der Waals surface area contributed by atoms with Crippen LogP contribution in [0.4, 0.5) is 13.2 Å². The number of nitrogens with zero attached hydrogens (tertiary/aromatic N) is 1. The van der Waals surface area contributed by atoms with Crippen molar-refractivity contribution in [1.29, 1.82) is 0 Å². The summed E-state index contributed by atoms with van der Waals surface area (Å²) in [7, 11) is 0. The molecule has 0 unspecified atom stereocenters. The molecule has 0 aliphatic carbocycles. The fourth-order valence-corrected chi connectivity index (χ4v) is 1.37. The highest BCUT2D eigenvalue weighted by atomic mass is 127. The minimum Gasteiger partial charge on any atom is -0.366 e. The van der Waals surface area contributed by atoms with Gasteiger partial charge in [0.15, 0.2) is 6.10 Å². The highest BCUT2D eigenvalue weighted by molar-refractivity contribution is 14.1. The zero-order chi connectivity index (χ0) is 8.48. The van der Waals surface area contributed by atoms with Crippen LogP contribution in [0.3, 0.4) is 0 Å². The second kappa shape index (κ2) is 3.44. The number of rotatable bonds is 0. The van der Waals surface area contributed by atoms with Crippen molar-refractivity contribution < 1.29 is 17.9 Å². The minimum absolute atomic E-state index is 0.0654. The summed E-state index contributed by atoms with van der Waals surface area (Å²) in [6.45, 7) is 0.657. The Kier molecular flexibility index (Phi) is 2.98. The third-order valence-corrected chi connectivity index (χ3v) is 2.26. The summed E-state index contributed by atoms with van der Waals surface area (Å²) < 4.78 is 42.0.